The molecule has 0 saturated carbocycles. The van der Waals surface area contributed by atoms with E-state index in [1.165, 1.54) is 24.0 Å². The Labute approximate surface area is 130 Å². The van der Waals surface area contributed by atoms with Crippen LogP contribution >= 0.6 is 0 Å². The normalized spacial score (nSPS) is 19.2. The first-order valence-electron chi connectivity index (χ1n) is 7.66. The van der Waals surface area contributed by atoms with Gasteiger partial charge in [0, 0.05) is 6.54 Å². The van der Waals surface area contributed by atoms with Crippen molar-refractivity contribution in [2.24, 2.45) is 4.99 Å². The van der Waals surface area contributed by atoms with E-state index in [2.05, 4.69) is 10.4 Å². The summed E-state index contributed by atoms with van der Waals surface area (Å²) in [6.07, 6.45) is 4.38. The Hall–Kier alpha value is -1.83. The van der Waals surface area contributed by atoms with Gasteiger partial charge < -0.3 is 4.90 Å². The van der Waals surface area contributed by atoms with Crippen LogP contribution in [0.4, 0.5) is 11.4 Å². The zero-order chi connectivity index (χ0) is 15.7. The zero-order valence-corrected chi connectivity index (χ0v) is 13.1. The van der Waals surface area contributed by atoms with Gasteiger partial charge in [0.25, 0.3) is 0 Å². The standard InChI is InChI=1S/C15H23N5O2/c1-18(2)8-7-16-15-17-20(22)14-10-12-6-4-3-5-11(12)9-13(14)19(15)21/h9-10,21-22H,3-8H2,1-2H3,(H,16,17). The number of hydrogen-bond donors (Lipinski definition) is 3. The lowest BCUT2D eigenvalue weighted by atomic mass is 9.90. The summed E-state index contributed by atoms with van der Waals surface area (Å²) in [5.74, 6) is 0.229. The highest BCUT2D eigenvalue weighted by molar-refractivity contribution is 6.00. The molecule has 0 atom stereocenters. The summed E-state index contributed by atoms with van der Waals surface area (Å²) < 4.78 is 0. The fraction of sp³-hybridized carbons (Fsp3) is 0.533. The maximum atomic E-state index is 10.4. The molecule has 0 radical (unpaired) electrons. The van der Waals surface area contributed by atoms with Gasteiger partial charge in [0.2, 0.25) is 5.96 Å². The second kappa shape index (κ2) is 6.12. The van der Waals surface area contributed by atoms with Crippen LogP contribution in [0.15, 0.2) is 17.1 Å². The van der Waals surface area contributed by atoms with Crippen molar-refractivity contribution >= 4 is 17.3 Å². The van der Waals surface area contributed by atoms with E-state index in [0.29, 0.717) is 17.9 Å². The van der Waals surface area contributed by atoms with Gasteiger partial charge in [-0.15, -0.1) is 0 Å². The van der Waals surface area contributed by atoms with Crippen molar-refractivity contribution in [3.63, 3.8) is 0 Å². The highest BCUT2D eigenvalue weighted by Gasteiger charge is 2.28. The molecular weight excluding hydrogens is 282 g/mol. The second-order valence-corrected chi connectivity index (χ2v) is 6.06. The molecule has 120 valence electrons. The minimum absolute atomic E-state index is 0.229. The molecule has 3 N–H and O–H groups in total. The van der Waals surface area contributed by atoms with Crippen LogP contribution in [0.25, 0.3) is 0 Å². The Morgan fingerprint density at radius 1 is 1.14 bits per heavy atom. The fourth-order valence-electron chi connectivity index (χ4n) is 2.87. The van der Waals surface area contributed by atoms with Crippen LogP contribution in [0.5, 0.6) is 0 Å². The van der Waals surface area contributed by atoms with Gasteiger partial charge >= 0.3 is 0 Å². The van der Waals surface area contributed by atoms with Gasteiger partial charge in [-0.2, -0.15) is 10.2 Å². The van der Waals surface area contributed by atoms with Gasteiger partial charge in [-0.3, -0.25) is 10.4 Å². The zero-order valence-electron chi connectivity index (χ0n) is 13.1. The molecule has 0 bridgehead atoms. The predicted molar refractivity (Wildman–Crippen MR) is 85.6 cm³/mol. The molecule has 3 rings (SSSR count). The number of aryl methyl sites for hydroxylation is 2. The molecule has 0 saturated heterocycles. The molecule has 1 aromatic carbocycles. The monoisotopic (exact) mass is 305 g/mol. The third-order valence-electron chi connectivity index (χ3n) is 4.11. The highest BCUT2D eigenvalue weighted by Crippen LogP contribution is 2.36. The second-order valence-electron chi connectivity index (χ2n) is 6.06. The molecule has 2 aliphatic rings. The van der Waals surface area contributed by atoms with E-state index >= 15 is 0 Å². The van der Waals surface area contributed by atoms with Gasteiger partial charge in [-0.1, -0.05) is 0 Å². The van der Waals surface area contributed by atoms with Gasteiger partial charge in [0.1, 0.15) is 11.4 Å². The lowest BCUT2D eigenvalue weighted by molar-refractivity contribution is 0.216. The van der Waals surface area contributed by atoms with E-state index in [-0.39, 0.29) is 5.96 Å². The van der Waals surface area contributed by atoms with Crippen molar-refractivity contribution < 1.29 is 10.4 Å². The lowest BCUT2D eigenvalue weighted by Gasteiger charge is -2.34. The predicted octanol–water partition coefficient (Wildman–Crippen LogP) is 1.39. The van der Waals surface area contributed by atoms with Crippen LogP contribution in [-0.4, -0.2) is 48.5 Å². The maximum Gasteiger partial charge on any atom is 0.244 e. The number of rotatable bonds is 3. The number of fused-ring (bicyclic) bond motifs is 2. The molecule has 1 aliphatic heterocycles. The minimum Gasteiger partial charge on any atom is -0.308 e. The molecule has 0 aromatic heterocycles. The van der Waals surface area contributed by atoms with E-state index in [4.69, 9.17) is 0 Å². The van der Waals surface area contributed by atoms with Crippen LogP contribution in [0.1, 0.15) is 24.0 Å². The number of hydrazine groups is 1. The summed E-state index contributed by atoms with van der Waals surface area (Å²) in [4.78, 5) is 6.31. The average Bonchev–Trinajstić information content (AvgIpc) is 2.50. The number of likely N-dealkylation sites (N-methyl/N-ethyl adjacent to an activating group) is 1. The molecular formula is C15H23N5O2. The quantitative estimate of drug-likeness (QED) is 0.784. The summed E-state index contributed by atoms with van der Waals surface area (Å²) in [5, 5.41) is 22.5. The molecule has 1 heterocycles. The van der Waals surface area contributed by atoms with Crippen molar-refractivity contribution in [2.75, 3.05) is 37.4 Å². The number of hydroxylamine groups is 1. The molecule has 7 nitrogen and oxygen atoms in total. The van der Waals surface area contributed by atoms with E-state index in [9.17, 15) is 10.4 Å². The van der Waals surface area contributed by atoms with E-state index in [0.717, 1.165) is 29.6 Å². The Kier molecular flexibility index (Phi) is 4.19. The lowest BCUT2D eigenvalue weighted by Crippen LogP contribution is -2.53. The van der Waals surface area contributed by atoms with E-state index in [1.54, 1.807) is 0 Å². The van der Waals surface area contributed by atoms with Crippen molar-refractivity contribution in [2.45, 2.75) is 25.7 Å². The Morgan fingerprint density at radius 3 is 2.41 bits per heavy atom. The van der Waals surface area contributed by atoms with Gasteiger partial charge in [-0.05, 0) is 63.0 Å². The Morgan fingerprint density at radius 2 is 1.77 bits per heavy atom. The SMILES string of the molecule is CN(C)CCN=C1NN(O)c2cc3c(cc2N1O)CCCC3. The number of anilines is 2. The first-order chi connectivity index (χ1) is 10.6. The van der Waals surface area contributed by atoms with Gasteiger partial charge in [0.15, 0.2) is 0 Å². The van der Waals surface area contributed by atoms with Crippen molar-refractivity contribution in [3.8, 4) is 0 Å². The van der Waals surface area contributed by atoms with Crippen LogP contribution in [-0.2, 0) is 12.8 Å². The summed E-state index contributed by atoms with van der Waals surface area (Å²) in [6.45, 7) is 1.29. The minimum atomic E-state index is 0.229. The van der Waals surface area contributed by atoms with Crippen LogP contribution in [0.3, 0.4) is 0 Å². The van der Waals surface area contributed by atoms with Crippen molar-refractivity contribution in [1.29, 1.82) is 0 Å². The van der Waals surface area contributed by atoms with Crippen LogP contribution < -0.4 is 15.7 Å². The van der Waals surface area contributed by atoms with Crippen molar-refractivity contribution in [3.05, 3.63) is 23.3 Å². The summed E-state index contributed by atoms with van der Waals surface area (Å²) >= 11 is 0. The largest absolute Gasteiger partial charge is 0.308 e. The molecule has 0 unspecified atom stereocenters. The topological polar surface area (TPSA) is 74.6 Å². The van der Waals surface area contributed by atoms with Crippen LogP contribution in [0.2, 0.25) is 0 Å². The molecule has 0 fully saturated rings. The first-order valence-corrected chi connectivity index (χ1v) is 7.66. The number of benzene rings is 1. The Balaban J connectivity index is 1.89. The fourth-order valence-corrected chi connectivity index (χ4v) is 2.87. The number of nitrogens with zero attached hydrogens (tertiary/aromatic N) is 4. The molecule has 7 heteroatoms. The number of nitrogens with one attached hydrogen (secondary N) is 1. The summed E-state index contributed by atoms with van der Waals surface area (Å²) in [6, 6.07) is 3.89. The molecule has 22 heavy (non-hydrogen) atoms. The molecule has 0 amide bonds. The third-order valence-corrected chi connectivity index (χ3v) is 4.11. The maximum absolute atomic E-state index is 10.4. The van der Waals surface area contributed by atoms with Gasteiger partial charge in [0.05, 0.1) is 6.54 Å². The third kappa shape index (κ3) is 2.87. The van der Waals surface area contributed by atoms with E-state index < -0.39 is 0 Å². The van der Waals surface area contributed by atoms with Crippen LogP contribution in [0, 0.1) is 0 Å². The summed E-state index contributed by atoms with van der Waals surface area (Å²) in [5.41, 5.74) is 6.30. The van der Waals surface area contributed by atoms with Crippen molar-refractivity contribution in [1.82, 2.24) is 10.3 Å². The number of guanidine groups is 1. The Bertz CT molecular complexity index is 588. The average molecular weight is 305 g/mol. The first kappa shape index (κ1) is 15.1. The highest BCUT2D eigenvalue weighted by atomic mass is 16.6. The molecule has 1 aromatic rings. The number of hydrogen-bond acceptors (Lipinski definition) is 5. The number of aliphatic imine (C=N–C) groups is 1. The van der Waals surface area contributed by atoms with Gasteiger partial charge in [-0.25, -0.2) is 10.4 Å². The van der Waals surface area contributed by atoms with E-state index in [1.807, 2.05) is 31.1 Å². The molecule has 1 aliphatic carbocycles. The summed E-state index contributed by atoms with van der Waals surface area (Å²) in [7, 11) is 3.93. The smallest absolute Gasteiger partial charge is 0.244 e. The molecule has 0 spiro atoms.